The Morgan fingerprint density at radius 1 is 1.00 bits per heavy atom. The van der Waals surface area contributed by atoms with Gasteiger partial charge in [0.05, 0.1) is 6.54 Å². The van der Waals surface area contributed by atoms with Crippen molar-refractivity contribution in [2.45, 2.75) is 19.4 Å². The van der Waals surface area contributed by atoms with Crippen LogP contribution in [0.4, 0.5) is 4.79 Å². The highest BCUT2D eigenvalue weighted by Crippen LogP contribution is 2.30. The van der Waals surface area contributed by atoms with Gasteiger partial charge in [0.1, 0.15) is 30.3 Å². The van der Waals surface area contributed by atoms with E-state index in [2.05, 4.69) is 11.9 Å². The van der Waals surface area contributed by atoms with Crippen molar-refractivity contribution in [1.82, 2.24) is 10.2 Å². The van der Waals surface area contributed by atoms with Gasteiger partial charge in [-0.05, 0) is 48.6 Å². The summed E-state index contributed by atoms with van der Waals surface area (Å²) >= 11 is 0. The number of carbonyl (C=O) groups is 2. The third-order valence-corrected chi connectivity index (χ3v) is 5.51. The number of hydrogen-bond donors (Lipinski definition) is 1. The van der Waals surface area contributed by atoms with Crippen LogP contribution in [0.3, 0.4) is 0 Å². The van der Waals surface area contributed by atoms with E-state index in [0.29, 0.717) is 17.9 Å². The average molecular weight is 431 g/mol. The van der Waals surface area contributed by atoms with E-state index in [1.807, 2.05) is 49.4 Å². The molecule has 1 heterocycles. The molecule has 1 aliphatic rings. The third kappa shape index (κ3) is 4.17. The molecule has 0 radical (unpaired) electrons. The fourth-order valence-corrected chi connectivity index (χ4v) is 3.76. The molecule has 1 unspecified atom stereocenters. The summed E-state index contributed by atoms with van der Waals surface area (Å²) in [6.45, 7) is 8.20. The molecule has 3 aromatic rings. The molecule has 3 amide bonds. The second-order valence-corrected chi connectivity index (χ2v) is 8.11. The maximum atomic E-state index is 13.1. The fraction of sp³-hybridized carbons (Fsp3) is 0.231. The molecule has 1 atom stereocenters. The van der Waals surface area contributed by atoms with E-state index in [4.69, 9.17) is 9.47 Å². The Bertz CT molecular complexity index is 1170. The van der Waals surface area contributed by atoms with Gasteiger partial charge in [0.25, 0.3) is 5.91 Å². The van der Waals surface area contributed by atoms with Gasteiger partial charge in [-0.2, -0.15) is 0 Å². The van der Waals surface area contributed by atoms with Gasteiger partial charge in [-0.25, -0.2) is 4.79 Å². The topological polar surface area (TPSA) is 67.9 Å². The lowest BCUT2D eigenvalue weighted by Gasteiger charge is -2.22. The van der Waals surface area contributed by atoms with Gasteiger partial charge < -0.3 is 14.8 Å². The number of ether oxygens (including phenoxy) is 2. The first-order valence-corrected chi connectivity index (χ1v) is 10.5. The Kier molecular flexibility index (Phi) is 5.86. The van der Waals surface area contributed by atoms with Crippen LogP contribution < -0.4 is 14.8 Å². The van der Waals surface area contributed by atoms with E-state index in [0.717, 1.165) is 22.1 Å². The number of rotatable bonds is 8. The molecule has 1 aliphatic heterocycles. The van der Waals surface area contributed by atoms with Crippen molar-refractivity contribution in [3.8, 4) is 11.5 Å². The van der Waals surface area contributed by atoms with Crippen LogP contribution in [0, 0.1) is 0 Å². The van der Waals surface area contributed by atoms with Gasteiger partial charge in [-0.1, -0.05) is 55.1 Å². The van der Waals surface area contributed by atoms with Gasteiger partial charge in [-0.3, -0.25) is 9.69 Å². The fourth-order valence-electron chi connectivity index (χ4n) is 3.76. The van der Waals surface area contributed by atoms with Crippen LogP contribution >= 0.6 is 0 Å². The second-order valence-electron chi connectivity index (χ2n) is 8.11. The zero-order valence-corrected chi connectivity index (χ0v) is 18.3. The van der Waals surface area contributed by atoms with Crippen LogP contribution in [-0.2, 0) is 10.3 Å². The molecule has 0 bridgehead atoms. The summed E-state index contributed by atoms with van der Waals surface area (Å²) in [5.41, 5.74) is 0.472. The quantitative estimate of drug-likeness (QED) is 0.418. The summed E-state index contributed by atoms with van der Waals surface area (Å²) in [6.07, 6.45) is 0. The number of nitrogens with zero attached hydrogens (tertiary/aromatic N) is 1. The minimum Gasteiger partial charge on any atom is -0.491 e. The summed E-state index contributed by atoms with van der Waals surface area (Å²) in [4.78, 5) is 26.9. The number of imide groups is 1. The number of hydrogen-bond acceptors (Lipinski definition) is 4. The predicted octanol–water partition coefficient (Wildman–Crippen LogP) is 4.64. The van der Waals surface area contributed by atoms with E-state index >= 15 is 0 Å². The Morgan fingerprint density at radius 2 is 1.72 bits per heavy atom. The van der Waals surface area contributed by atoms with Crippen LogP contribution in [0.25, 0.3) is 10.8 Å². The molecule has 1 fully saturated rings. The van der Waals surface area contributed by atoms with E-state index in [1.165, 1.54) is 4.90 Å². The highest BCUT2D eigenvalue weighted by molar-refractivity contribution is 6.07. The first-order chi connectivity index (χ1) is 15.4. The van der Waals surface area contributed by atoms with E-state index in [9.17, 15) is 9.59 Å². The maximum Gasteiger partial charge on any atom is 0.325 e. The summed E-state index contributed by atoms with van der Waals surface area (Å²) < 4.78 is 11.5. The lowest BCUT2D eigenvalue weighted by molar-refractivity contribution is -0.131. The Hall–Kier alpha value is -3.80. The standard InChI is InChI=1S/C26H26N2O4/c1-18(2)17-32-21-13-11-20(12-14-21)26(3)24(29)28(25(30)27-26)15-16-31-23-10-6-8-19-7-4-5-9-22(19)23/h4-14H,1,15-17H2,2-3H3,(H,27,30). The number of nitrogens with one attached hydrogen (secondary N) is 1. The molecule has 0 saturated carbocycles. The minimum absolute atomic E-state index is 0.156. The van der Waals surface area contributed by atoms with Gasteiger partial charge in [0, 0.05) is 5.39 Å². The SMILES string of the molecule is C=C(C)COc1ccc(C2(C)NC(=O)N(CCOc3cccc4ccccc34)C2=O)cc1. The third-order valence-electron chi connectivity index (χ3n) is 5.51. The molecule has 164 valence electrons. The molecule has 0 aromatic heterocycles. The summed E-state index contributed by atoms with van der Waals surface area (Å²) in [6, 6.07) is 20.5. The number of benzene rings is 3. The van der Waals surface area contributed by atoms with Crippen molar-refractivity contribution in [2.75, 3.05) is 19.8 Å². The van der Waals surface area contributed by atoms with Gasteiger partial charge in [-0.15, -0.1) is 0 Å². The molecule has 0 aliphatic carbocycles. The molecule has 1 N–H and O–H groups in total. The molecular weight excluding hydrogens is 404 g/mol. The number of fused-ring (bicyclic) bond motifs is 1. The summed E-state index contributed by atoms with van der Waals surface area (Å²) in [5, 5.41) is 4.89. The van der Waals surface area contributed by atoms with Crippen molar-refractivity contribution in [1.29, 1.82) is 0 Å². The number of carbonyl (C=O) groups excluding carboxylic acids is 2. The Morgan fingerprint density at radius 3 is 2.47 bits per heavy atom. The highest BCUT2D eigenvalue weighted by Gasteiger charge is 2.48. The Balaban J connectivity index is 1.42. The molecule has 6 heteroatoms. The molecular formula is C26H26N2O4. The smallest absolute Gasteiger partial charge is 0.325 e. The first kappa shape index (κ1) is 21.4. The molecule has 4 rings (SSSR count). The molecule has 1 saturated heterocycles. The van der Waals surface area contributed by atoms with E-state index < -0.39 is 11.6 Å². The lowest BCUT2D eigenvalue weighted by atomic mass is 9.92. The normalized spacial score (nSPS) is 18.0. The van der Waals surface area contributed by atoms with Crippen LogP contribution in [-0.4, -0.2) is 36.6 Å². The average Bonchev–Trinajstić information content (AvgIpc) is 3.02. The van der Waals surface area contributed by atoms with Crippen molar-refractivity contribution in [2.24, 2.45) is 0 Å². The Labute approximate surface area is 187 Å². The maximum absolute atomic E-state index is 13.1. The molecule has 32 heavy (non-hydrogen) atoms. The van der Waals surface area contributed by atoms with Gasteiger partial charge in [0.15, 0.2) is 0 Å². The van der Waals surface area contributed by atoms with E-state index in [1.54, 1.807) is 31.2 Å². The van der Waals surface area contributed by atoms with Crippen LogP contribution in [0.1, 0.15) is 19.4 Å². The largest absolute Gasteiger partial charge is 0.491 e. The molecule has 6 nitrogen and oxygen atoms in total. The van der Waals surface area contributed by atoms with Gasteiger partial charge >= 0.3 is 6.03 Å². The van der Waals surface area contributed by atoms with Crippen molar-refractivity contribution < 1.29 is 19.1 Å². The van der Waals surface area contributed by atoms with Crippen LogP contribution in [0.15, 0.2) is 78.9 Å². The predicted molar refractivity (Wildman–Crippen MR) is 124 cm³/mol. The number of amides is 3. The molecule has 0 spiro atoms. The number of urea groups is 1. The van der Waals surface area contributed by atoms with E-state index in [-0.39, 0.29) is 19.1 Å². The summed E-state index contributed by atoms with van der Waals surface area (Å²) in [7, 11) is 0. The second kappa shape index (κ2) is 8.75. The first-order valence-electron chi connectivity index (χ1n) is 10.5. The van der Waals surface area contributed by atoms with Gasteiger partial charge in [0.2, 0.25) is 0 Å². The van der Waals surface area contributed by atoms with Crippen molar-refractivity contribution >= 4 is 22.7 Å². The molecule has 3 aromatic carbocycles. The zero-order valence-electron chi connectivity index (χ0n) is 18.3. The lowest BCUT2D eigenvalue weighted by Crippen LogP contribution is -2.41. The van der Waals surface area contributed by atoms with Crippen molar-refractivity contribution in [3.63, 3.8) is 0 Å². The zero-order chi connectivity index (χ0) is 22.7. The minimum atomic E-state index is -1.14. The van der Waals surface area contributed by atoms with Crippen LogP contribution in [0.5, 0.6) is 11.5 Å². The highest BCUT2D eigenvalue weighted by atomic mass is 16.5. The monoisotopic (exact) mass is 430 g/mol. The van der Waals surface area contributed by atoms with Crippen molar-refractivity contribution in [3.05, 3.63) is 84.4 Å². The summed E-state index contributed by atoms with van der Waals surface area (Å²) in [5.74, 6) is 1.10. The van der Waals surface area contributed by atoms with Crippen LogP contribution in [0.2, 0.25) is 0 Å².